The molecule has 4 heterocycles. The minimum absolute atomic E-state index is 0.00133. The summed E-state index contributed by atoms with van der Waals surface area (Å²) in [7, 11) is -3.18. The maximum atomic E-state index is 14.1. The molecule has 3 fully saturated rings. The van der Waals surface area contributed by atoms with E-state index in [1.807, 2.05) is 34.1 Å². The summed E-state index contributed by atoms with van der Waals surface area (Å²) in [6.07, 6.45) is 6.13. The maximum absolute atomic E-state index is 14.1. The molecule has 6 rings (SSSR count). The highest BCUT2D eigenvalue weighted by Gasteiger charge is 2.37. The Labute approximate surface area is 304 Å². The second-order valence-corrected chi connectivity index (χ2v) is 17.4. The van der Waals surface area contributed by atoms with Gasteiger partial charge in [-0.3, -0.25) is 4.79 Å². The minimum atomic E-state index is -3.18. The maximum Gasteiger partial charge on any atom is 0.322 e. The highest BCUT2D eigenvalue weighted by Crippen LogP contribution is 2.35. The Kier molecular flexibility index (Phi) is 11.1. The molecule has 4 aliphatic rings. The predicted octanol–water partition coefficient (Wildman–Crippen LogP) is 4.96. The number of fused-ring (bicyclic) bond motifs is 1. The van der Waals surface area contributed by atoms with Gasteiger partial charge in [0.2, 0.25) is 15.9 Å². The summed E-state index contributed by atoms with van der Waals surface area (Å²) in [4.78, 5) is 46.1. The van der Waals surface area contributed by atoms with Gasteiger partial charge in [0.25, 0.3) is 0 Å². The van der Waals surface area contributed by atoms with Crippen molar-refractivity contribution in [2.75, 3.05) is 50.8 Å². The van der Waals surface area contributed by atoms with Crippen LogP contribution in [-0.4, -0.2) is 108 Å². The van der Waals surface area contributed by atoms with Crippen molar-refractivity contribution in [2.24, 2.45) is 11.8 Å². The van der Waals surface area contributed by atoms with Gasteiger partial charge in [-0.15, -0.1) is 0 Å². The van der Waals surface area contributed by atoms with Crippen LogP contribution in [0.15, 0.2) is 45.3 Å². The Morgan fingerprint density at radius 3 is 2.10 bits per heavy atom. The number of rotatable bonds is 7. The standard InChI is InChI=1S/C34H44Br2N6O6S/c1-49(47,48)41-16-8-24(9-17-41)23-6-12-39(13-7-23)32(44)30(20-22-18-27(35)31(43)28(36)19-22)38-33(45)40-14-10-26(11-15-40)42-21-25-4-2-3-5-29(25)37-34(42)46/h2-5,18-19,23-24,26,30,43H,6-17,20-21H2,1H3,(H,37,46)(H,38,45)/t30-/m1/s1. The number of nitrogens with one attached hydrogen (secondary N) is 2. The van der Waals surface area contributed by atoms with Crippen molar-refractivity contribution in [3.8, 4) is 5.75 Å². The number of carbonyl (C=O) groups excluding carboxylic acids is 3. The summed E-state index contributed by atoms with van der Waals surface area (Å²) in [5.41, 5.74) is 2.68. The first-order valence-corrected chi connectivity index (χ1v) is 20.4. The highest BCUT2D eigenvalue weighted by atomic mass is 79.9. The van der Waals surface area contributed by atoms with E-state index >= 15 is 0 Å². The van der Waals surface area contributed by atoms with Crippen molar-refractivity contribution >= 4 is 65.5 Å². The van der Waals surface area contributed by atoms with Crippen LogP contribution >= 0.6 is 31.9 Å². The average molecular weight is 825 g/mol. The minimum Gasteiger partial charge on any atom is -0.506 e. The van der Waals surface area contributed by atoms with Crippen LogP contribution in [0.5, 0.6) is 5.75 Å². The highest BCUT2D eigenvalue weighted by molar-refractivity contribution is 9.11. The number of hydrogen-bond donors (Lipinski definition) is 3. The quantitative estimate of drug-likeness (QED) is 0.361. The zero-order valence-electron chi connectivity index (χ0n) is 27.6. The zero-order valence-corrected chi connectivity index (χ0v) is 31.6. The second-order valence-electron chi connectivity index (χ2n) is 13.7. The van der Waals surface area contributed by atoms with Gasteiger partial charge < -0.3 is 30.4 Å². The van der Waals surface area contributed by atoms with Crippen LogP contribution in [0.25, 0.3) is 0 Å². The van der Waals surface area contributed by atoms with Crippen LogP contribution in [0.2, 0.25) is 0 Å². The van der Waals surface area contributed by atoms with E-state index in [2.05, 4.69) is 42.5 Å². The van der Waals surface area contributed by atoms with Crippen LogP contribution in [0, 0.1) is 11.8 Å². The number of anilines is 1. The van der Waals surface area contributed by atoms with Crippen LogP contribution in [0.1, 0.15) is 49.7 Å². The molecular weight excluding hydrogens is 780 g/mol. The van der Waals surface area contributed by atoms with Crippen LogP contribution in [0.3, 0.4) is 0 Å². The Morgan fingerprint density at radius 2 is 1.49 bits per heavy atom. The van der Waals surface area contributed by atoms with Gasteiger partial charge in [-0.25, -0.2) is 22.3 Å². The number of phenols is 1. The SMILES string of the molecule is CS(=O)(=O)N1CCC(C2CCN(C(=O)[C@@H](Cc3cc(Br)c(O)c(Br)c3)NC(=O)N3CCC(N4Cc5ccccc5NC4=O)CC3)CC2)CC1. The fourth-order valence-corrected chi connectivity index (χ4v) is 9.96. The molecule has 49 heavy (non-hydrogen) atoms. The van der Waals surface area contributed by atoms with Gasteiger partial charge in [0.15, 0.2) is 0 Å². The number of halogens is 2. The third-order valence-corrected chi connectivity index (χ3v) is 13.2. The van der Waals surface area contributed by atoms with Crippen LogP contribution < -0.4 is 10.6 Å². The number of carbonyl (C=O) groups is 3. The largest absolute Gasteiger partial charge is 0.506 e. The molecule has 0 saturated carbocycles. The molecule has 3 saturated heterocycles. The van der Waals surface area contributed by atoms with E-state index in [1.54, 1.807) is 21.3 Å². The Balaban J connectivity index is 1.08. The molecule has 0 radical (unpaired) electrons. The number of likely N-dealkylation sites (tertiary alicyclic amines) is 2. The molecule has 0 bridgehead atoms. The van der Waals surface area contributed by atoms with Gasteiger partial charge in [0, 0.05) is 64.0 Å². The first-order chi connectivity index (χ1) is 23.4. The third kappa shape index (κ3) is 8.37. The number of piperidine rings is 3. The molecule has 1 atom stereocenters. The van der Waals surface area contributed by atoms with Crippen molar-refractivity contribution < 1.29 is 27.9 Å². The summed E-state index contributed by atoms with van der Waals surface area (Å²) in [6, 6.07) is 10.1. The first kappa shape index (κ1) is 35.9. The number of hydrogen-bond acceptors (Lipinski definition) is 6. The van der Waals surface area contributed by atoms with Gasteiger partial charge in [-0.2, -0.15) is 0 Å². The number of phenolic OH excluding ortho intramolecular Hbond substituents is 1. The number of sulfonamides is 1. The lowest BCUT2D eigenvalue weighted by molar-refractivity contribution is -0.135. The summed E-state index contributed by atoms with van der Waals surface area (Å²) in [5.74, 6) is 0.789. The fraction of sp³-hybridized carbons (Fsp3) is 0.559. The lowest BCUT2D eigenvalue weighted by Crippen LogP contribution is -2.57. The Morgan fingerprint density at radius 1 is 0.918 bits per heavy atom. The fourth-order valence-electron chi connectivity index (χ4n) is 7.80. The number of benzene rings is 2. The van der Waals surface area contributed by atoms with Gasteiger partial charge in [-0.05, 0) is 112 Å². The summed E-state index contributed by atoms with van der Waals surface area (Å²) in [5, 5.41) is 16.3. The topological polar surface area (TPSA) is 143 Å². The average Bonchev–Trinajstić information content (AvgIpc) is 3.09. The van der Waals surface area contributed by atoms with Crippen LogP contribution in [0.4, 0.5) is 15.3 Å². The van der Waals surface area contributed by atoms with E-state index in [9.17, 15) is 27.9 Å². The number of aromatic hydroxyl groups is 1. The molecule has 4 aliphatic heterocycles. The monoisotopic (exact) mass is 822 g/mol. The predicted molar refractivity (Wildman–Crippen MR) is 194 cm³/mol. The van der Waals surface area contributed by atoms with Crippen molar-refractivity contribution in [1.82, 2.24) is 24.3 Å². The van der Waals surface area contributed by atoms with Crippen molar-refractivity contribution in [1.29, 1.82) is 0 Å². The molecule has 0 unspecified atom stereocenters. The molecule has 2 aromatic carbocycles. The van der Waals surface area contributed by atoms with E-state index in [1.165, 1.54) is 6.26 Å². The first-order valence-electron chi connectivity index (χ1n) is 17.0. The summed E-state index contributed by atoms with van der Waals surface area (Å²) >= 11 is 6.77. The molecule has 12 nitrogen and oxygen atoms in total. The lowest BCUT2D eigenvalue weighted by atomic mass is 9.79. The molecule has 0 spiro atoms. The van der Waals surface area contributed by atoms with Crippen molar-refractivity contribution in [3.63, 3.8) is 0 Å². The molecule has 5 amide bonds. The van der Waals surface area contributed by atoms with Crippen molar-refractivity contribution in [3.05, 3.63) is 56.5 Å². The van der Waals surface area contributed by atoms with Gasteiger partial charge in [-0.1, -0.05) is 18.2 Å². The van der Waals surface area contributed by atoms with Gasteiger partial charge in [0.1, 0.15) is 11.8 Å². The normalized spacial score (nSPS) is 20.9. The van der Waals surface area contributed by atoms with E-state index < -0.39 is 16.1 Å². The molecular formula is C34H44Br2N6O6S. The molecule has 3 N–H and O–H groups in total. The van der Waals surface area contributed by atoms with Crippen molar-refractivity contribution in [2.45, 2.75) is 63.6 Å². The van der Waals surface area contributed by atoms with Gasteiger partial charge >= 0.3 is 12.1 Å². The van der Waals surface area contributed by atoms with Crippen LogP contribution in [-0.2, 0) is 27.8 Å². The molecule has 266 valence electrons. The second kappa shape index (κ2) is 15.2. The molecule has 2 aromatic rings. The molecule has 0 aromatic heterocycles. The Bertz CT molecular complexity index is 1650. The smallest absolute Gasteiger partial charge is 0.322 e. The molecule has 0 aliphatic carbocycles. The van der Waals surface area contributed by atoms with E-state index in [-0.39, 0.29) is 36.2 Å². The number of amides is 5. The zero-order chi connectivity index (χ0) is 34.9. The summed E-state index contributed by atoms with van der Waals surface area (Å²) in [6.45, 7) is 3.71. The number of urea groups is 2. The summed E-state index contributed by atoms with van der Waals surface area (Å²) < 4.78 is 26.5. The Hall–Kier alpha value is -2.88. The lowest BCUT2D eigenvalue weighted by Gasteiger charge is -2.41. The van der Waals surface area contributed by atoms with Gasteiger partial charge in [0.05, 0.1) is 15.2 Å². The molecule has 15 heteroatoms. The van der Waals surface area contributed by atoms with E-state index in [0.29, 0.717) is 79.4 Å². The van der Waals surface area contributed by atoms with E-state index in [0.717, 1.165) is 42.5 Å². The third-order valence-electron chi connectivity index (χ3n) is 10.7. The van der Waals surface area contributed by atoms with E-state index in [4.69, 9.17) is 0 Å². The number of nitrogens with zero attached hydrogens (tertiary/aromatic N) is 4. The number of para-hydroxylation sites is 1.